The summed E-state index contributed by atoms with van der Waals surface area (Å²) in [6.45, 7) is 8.91. The molecule has 0 aliphatic rings. The van der Waals surface area contributed by atoms with Crippen LogP contribution < -0.4 is 11.2 Å². The summed E-state index contributed by atoms with van der Waals surface area (Å²) in [5.41, 5.74) is -2.44. The summed E-state index contributed by atoms with van der Waals surface area (Å²) < 4.78 is 5.91. The van der Waals surface area contributed by atoms with Gasteiger partial charge in [0.05, 0.1) is 12.0 Å². The second kappa shape index (κ2) is 5.72. The number of carbonyl (C=O) groups excluding carboxylic acids is 1. The van der Waals surface area contributed by atoms with Crippen molar-refractivity contribution >= 4 is 27.5 Å². The van der Waals surface area contributed by atoms with Gasteiger partial charge in [-0.05, 0) is 32.8 Å². The van der Waals surface area contributed by atoms with Crippen LogP contribution in [0.4, 0.5) is 0 Å². The van der Waals surface area contributed by atoms with Crippen LogP contribution in [-0.2, 0) is 15.1 Å². The Balaban J connectivity index is 2.72. The molecule has 0 fully saturated rings. The Hall–Kier alpha value is -1.89. The SMILES string of the molecule is CCOC(=O)C(C)(C)n1c(=O)[nH]c2sc(C(C)C)cc2c1=O. The average molecular weight is 324 g/mol. The Morgan fingerprint density at radius 1 is 1.41 bits per heavy atom. The summed E-state index contributed by atoms with van der Waals surface area (Å²) in [6, 6.07) is 1.78. The number of nitrogens with one attached hydrogen (secondary N) is 1. The molecule has 7 heteroatoms. The fourth-order valence-electron chi connectivity index (χ4n) is 2.22. The van der Waals surface area contributed by atoms with Crippen molar-refractivity contribution in [2.45, 2.75) is 46.1 Å². The fourth-order valence-corrected chi connectivity index (χ4v) is 3.26. The number of aromatic amines is 1. The van der Waals surface area contributed by atoms with Crippen LogP contribution in [0.2, 0.25) is 0 Å². The lowest BCUT2D eigenvalue weighted by atomic mass is 10.1. The molecular formula is C15H20N2O4S. The number of H-pyrrole nitrogens is 1. The zero-order chi connectivity index (χ0) is 16.7. The van der Waals surface area contributed by atoms with Crippen LogP contribution in [0.1, 0.15) is 45.4 Å². The second-order valence-corrected chi connectivity index (χ2v) is 6.98. The van der Waals surface area contributed by atoms with Crippen LogP contribution in [-0.4, -0.2) is 22.1 Å². The van der Waals surface area contributed by atoms with Crippen LogP contribution in [0.25, 0.3) is 10.2 Å². The Labute approximate surface area is 131 Å². The first-order valence-corrected chi connectivity index (χ1v) is 7.98. The molecule has 0 spiro atoms. The molecule has 2 rings (SSSR count). The van der Waals surface area contributed by atoms with E-state index in [0.29, 0.717) is 10.2 Å². The molecule has 22 heavy (non-hydrogen) atoms. The predicted octanol–water partition coefficient (Wildman–Crippen LogP) is 2.17. The van der Waals surface area contributed by atoms with Crippen molar-refractivity contribution in [2.24, 2.45) is 0 Å². The van der Waals surface area contributed by atoms with Gasteiger partial charge in [-0.2, -0.15) is 0 Å². The molecule has 120 valence electrons. The van der Waals surface area contributed by atoms with E-state index in [4.69, 9.17) is 4.74 Å². The van der Waals surface area contributed by atoms with Gasteiger partial charge >= 0.3 is 11.7 Å². The maximum atomic E-state index is 12.7. The summed E-state index contributed by atoms with van der Waals surface area (Å²) in [7, 11) is 0. The van der Waals surface area contributed by atoms with E-state index < -0.39 is 22.8 Å². The van der Waals surface area contributed by atoms with Gasteiger partial charge in [0.1, 0.15) is 10.4 Å². The zero-order valence-electron chi connectivity index (χ0n) is 13.4. The fraction of sp³-hybridized carbons (Fsp3) is 0.533. The first-order valence-electron chi connectivity index (χ1n) is 7.16. The van der Waals surface area contributed by atoms with Crippen molar-refractivity contribution < 1.29 is 9.53 Å². The monoisotopic (exact) mass is 324 g/mol. The minimum atomic E-state index is -1.37. The van der Waals surface area contributed by atoms with Crippen molar-refractivity contribution in [2.75, 3.05) is 6.61 Å². The number of esters is 1. The molecule has 2 aromatic heterocycles. The van der Waals surface area contributed by atoms with E-state index in [1.54, 1.807) is 13.0 Å². The van der Waals surface area contributed by atoms with E-state index in [-0.39, 0.29) is 12.5 Å². The zero-order valence-corrected chi connectivity index (χ0v) is 14.2. The first-order chi connectivity index (χ1) is 10.2. The number of nitrogens with zero attached hydrogens (tertiary/aromatic N) is 1. The summed E-state index contributed by atoms with van der Waals surface area (Å²) in [6.07, 6.45) is 0. The largest absolute Gasteiger partial charge is 0.464 e. The van der Waals surface area contributed by atoms with Gasteiger partial charge in [0.15, 0.2) is 0 Å². The highest BCUT2D eigenvalue weighted by Crippen LogP contribution is 2.27. The minimum Gasteiger partial charge on any atom is -0.464 e. The lowest BCUT2D eigenvalue weighted by Crippen LogP contribution is -2.51. The number of aromatic nitrogens is 2. The van der Waals surface area contributed by atoms with Crippen molar-refractivity contribution in [3.63, 3.8) is 0 Å². The van der Waals surface area contributed by atoms with Gasteiger partial charge in [0, 0.05) is 4.88 Å². The van der Waals surface area contributed by atoms with Crippen molar-refractivity contribution in [3.8, 4) is 0 Å². The van der Waals surface area contributed by atoms with Gasteiger partial charge in [0.2, 0.25) is 0 Å². The number of fused-ring (bicyclic) bond motifs is 1. The van der Waals surface area contributed by atoms with Crippen molar-refractivity contribution in [3.05, 3.63) is 31.8 Å². The third kappa shape index (κ3) is 2.61. The van der Waals surface area contributed by atoms with E-state index in [1.165, 1.54) is 25.2 Å². The molecule has 0 aliphatic heterocycles. The molecule has 0 unspecified atom stereocenters. The number of hydrogen-bond donors (Lipinski definition) is 1. The smallest absolute Gasteiger partial charge is 0.332 e. The highest BCUT2D eigenvalue weighted by Gasteiger charge is 2.35. The predicted molar refractivity (Wildman–Crippen MR) is 86.7 cm³/mol. The lowest BCUT2D eigenvalue weighted by Gasteiger charge is -2.23. The minimum absolute atomic E-state index is 0.188. The van der Waals surface area contributed by atoms with E-state index in [0.717, 1.165) is 9.44 Å². The number of thiophene rings is 1. The third-order valence-corrected chi connectivity index (χ3v) is 4.86. The Morgan fingerprint density at radius 3 is 2.59 bits per heavy atom. The standard InChI is InChI=1S/C15H20N2O4S/c1-6-21-13(19)15(4,5)17-12(18)9-7-10(8(2)3)22-11(9)16-14(17)20/h7-8H,6H2,1-5H3,(H,16,20). The Bertz CT molecular complexity index is 826. The normalized spacial score (nSPS) is 12.1. The topological polar surface area (TPSA) is 81.2 Å². The number of rotatable bonds is 4. The van der Waals surface area contributed by atoms with E-state index in [2.05, 4.69) is 4.98 Å². The van der Waals surface area contributed by atoms with Gasteiger partial charge in [-0.1, -0.05) is 13.8 Å². The van der Waals surface area contributed by atoms with Crippen LogP contribution in [0, 0.1) is 0 Å². The number of carbonyl (C=O) groups is 1. The average Bonchev–Trinajstić information content (AvgIpc) is 2.83. The molecule has 2 heterocycles. The Kier molecular flexibility index (Phi) is 4.28. The van der Waals surface area contributed by atoms with Crippen LogP contribution >= 0.6 is 11.3 Å². The molecule has 2 aromatic rings. The molecule has 0 amide bonds. The molecule has 0 aliphatic carbocycles. The Morgan fingerprint density at radius 2 is 2.05 bits per heavy atom. The third-order valence-electron chi connectivity index (χ3n) is 3.51. The highest BCUT2D eigenvalue weighted by atomic mass is 32.1. The van der Waals surface area contributed by atoms with Gasteiger partial charge < -0.3 is 4.74 Å². The maximum absolute atomic E-state index is 12.7. The van der Waals surface area contributed by atoms with Gasteiger partial charge in [-0.15, -0.1) is 11.3 Å². The van der Waals surface area contributed by atoms with Gasteiger partial charge in [-0.25, -0.2) is 14.2 Å². The van der Waals surface area contributed by atoms with Crippen molar-refractivity contribution in [1.82, 2.24) is 9.55 Å². The van der Waals surface area contributed by atoms with E-state index in [9.17, 15) is 14.4 Å². The summed E-state index contributed by atoms with van der Waals surface area (Å²) in [4.78, 5) is 41.3. The second-order valence-electron chi connectivity index (χ2n) is 5.90. The van der Waals surface area contributed by atoms with Crippen molar-refractivity contribution in [1.29, 1.82) is 0 Å². The quantitative estimate of drug-likeness (QED) is 0.874. The highest BCUT2D eigenvalue weighted by molar-refractivity contribution is 7.18. The molecule has 0 bridgehead atoms. The molecule has 0 aromatic carbocycles. The maximum Gasteiger partial charge on any atom is 0.332 e. The molecule has 0 saturated carbocycles. The summed E-state index contributed by atoms with van der Waals surface area (Å²) in [5, 5.41) is 0.422. The van der Waals surface area contributed by atoms with Gasteiger partial charge in [0.25, 0.3) is 5.56 Å². The van der Waals surface area contributed by atoms with E-state index >= 15 is 0 Å². The number of hydrogen-bond acceptors (Lipinski definition) is 5. The molecule has 0 radical (unpaired) electrons. The lowest BCUT2D eigenvalue weighted by molar-refractivity contribution is -0.152. The number of ether oxygens (including phenoxy) is 1. The van der Waals surface area contributed by atoms with Crippen LogP contribution in [0.3, 0.4) is 0 Å². The summed E-state index contributed by atoms with van der Waals surface area (Å²) >= 11 is 1.39. The van der Waals surface area contributed by atoms with Crippen LogP contribution in [0.5, 0.6) is 0 Å². The molecular weight excluding hydrogens is 304 g/mol. The van der Waals surface area contributed by atoms with E-state index in [1.807, 2.05) is 13.8 Å². The molecule has 0 saturated heterocycles. The van der Waals surface area contributed by atoms with Crippen LogP contribution in [0.15, 0.2) is 15.7 Å². The summed E-state index contributed by atoms with van der Waals surface area (Å²) in [5.74, 6) is -0.354. The first kappa shape index (κ1) is 16.5. The molecule has 6 nitrogen and oxygen atoms in total. The van der Waals surface area contributed by atoms with Gasteiger partial charge in [-0.3, -0.25) is 9.78 Å². The molecule has 1 N–H and O–H groups in total. The molecule has 0 atom stereocenters.